The van der Waals surface area contributed by atoms with Crippen molar-refractivity contribution in [3.63, 3.8) is 0 Å². The van der Waals surface area contributed by atoms with Gasteiger partial charge in [-0.05, 0) is 12.5 Å². The molecular formula is C11H20N4O3. The number of aromatic nitrogens is 2. The van der Waals surface area contributed by atoms with Crippen molar-refractivity contribution in [2.24, 2.45) is 0 Å². The molecule has 0 atom stereocenters. The van der Waals surface area contributed by atoms with Crippen molar-refractivity contribution in [2.45, 2.75) is 18.9 Å². The summed E-state index contributed by atoms with van der Waals surface area (Å²) in [4.78, 5) is 8.21. The molecule has 7 heteroatoms. The van der Waals surface area contributed by atoms with E-state index in [1.807, 2.05) is 6.92 Å². The molecule has 0 spiro atoms. The minimum atomic E-state index is -1.18. The number of hydrogen-bond donors (Lipinski definition) is 5. The van der Waals surface area contributed by atoms with Gasteiger partial charge in [0.25, 0.3) is 0 Å². The van der Waals surface area contributed by atoms with Crippen molar-refractivity contribution in [1.29, 1.82) is 0 Å². The predicted molar refractivity (Wildman–Crippen MR) is 68.4 cm³/mol. The maximum atomic E-state index is 9.21. The van der Waals surface area contributed by atoms with Crippen LogP contribution in [0.1, 0.15) is 13.3 Å². The quantitative estimate of drug-likeness (QED) is 0.423. The van der Waals surface area contributed by atoms with Crippen LogP contribution in [0.3, 0.4) is 0 Å². The zero-order chi connectivity index (χ0) is 13.4. The van der Waals surface area contributed by atoms with Crippen LogP contribution >= 0.6 is 0 Å². The molecule has 0 aliphatic heterocycles. The molecule has 5 N–H and O–H groups in total. The van der Waals surface area contributed by atoms with Gasteiger partial charge >= 0.3 is 0 Å². The number of rotatable bonds is 8. The van der Waals surface area contributed by atoms with E-state index in [0.29, 0.717) is 11.8 Å². The first-order chi connectivity index (χ1) is 8.69. The Labute approximate surface area is 106 Å². The van der Waals surface area contributed by atoms with Gasteiger partial charge in [-0.1, -0.05) is 6.92 Å². The van der Waals surface area contributed by atoms with E-state index in [2.05, 4.69) is 20.6 Å². The zero-order valence-electron chi connectivity index (χ0n) is 10.4. The summed E-state index contributed by atoms with van der Waals surface area (Å²) >= 11 is 0. The molecule has 1 rings (SSSR count). The fraction of sp³-hybridized carbons (Fsp3) is 0.636. The average molecular weight is 256 g/mol. The van der Waals surface area contributed by atoms with E-state index in [-0.39, 0.29) is 0 Å². The van der Waals surface area contributed by atoms with Gasteiger partial charge in [-0.15, -0.1) is 0 Å². The Balaban J connectivity index is 2.77. The molecule has 0 bridgehead atoms. The third kappa shape index (κ3) is 3.80. The maximum Gasteiger partial charge on any atom is 0.224 e. The summed E-state index contributed by atoms with van der Waals surface area (Å²) in [5, 5.41) is 33.5. The van der Waals surface area contributed by atoms with E-state index in [4.69, 9.17) is 0 Å². The Morgan fingerprint density at radius 3 is 2.44 bits per heavy atom. The SMILES string of the molecule is CCCNc1nccc(NC(CO)(CO)CO)n1. The molecule has 0 unspecified atom stereocenters. The summed E-state index contributed by atoms with van der Waals surface area (Å²) in [5.41, 5.74) is -1.18. The molecule has 0 aromatic carbocycles. The highest BCUT2D eigenvalue weighted by atomic mass is 16.3. The topological polar surface area (TPSA) is 111 Å². The van der Waals surface area contributed by atoms with E-state index in [1.54, 1.807) is 12.3 Å². The molecule has 0 aliphatic rings. The standard InChI is InChI=1S/C11H20N4O3/c1-2-4-12-10-13-5-3-9(14-10)15-11(6-16,7-17)8-18/h3,5,16-18H,2,4,6-8H2,1H3,(H2,12,13,14,15). The molecular weight excluding hydrogens is 236 g/mol. The van der Waals surface area contributed by atoms with Crippen LogP contribution in [0, 0.1) is 0 Å². The first kappa shape index (κ1) is 14.6. The molecule has 18 heavy (non-hydrogen) atoms. The number of nitrogens with one attached hydrogen (secondary N) is 2. The van der Waals surface area contributed by atoms with Crippen LogP contribution in [0.4, 0.5) is 11.8 Å². The van der Waals surface area contributed by atoms with Gasteiger partial charge in [0, 0.05) is 12.7 Å². The number of nitrogens with zero attached hydrogens (tertiary/aromatic N) is 2. The Kier molecular flexibility index (Phi) is 5.76. The minimum absolute atomic E-state index is 0.401. The molecule has 0 fully saturated rings. The largest absolute Gasteiger partial charge is 0.394 e. The number of anilines is 2. The molecule has 0 amide bonds. The van der Waals surface area contributed by atoms with Gasteiger partial charge in [0.1, 0.15) is 11.4 Å². The molecule has 1 aromatic rings. The summed E-state index contributed by atoms with van der Waals surface area (Å²) in [6.45, 7) is 1.59. The Morgan fingerprint density at radius 1 is 1.22 bits per heavy atom. The molecule has 0 saturated carbocycles. The van der Waals surface area contributed by atoms with Gasteiger partial charge in [-0.25, -0.2) is 4.98 Å². The lowest BCUT2D eigenvalue weighted by Gasteiger charge is -2.29. The maximum absolute atomic E-state index is 9.21. The third-order valence-corrected chi connectivity index (χ3v) is 2.49. The Morgan fingerprint density at radius 2 is 1.89 bits per heavy atom. The van der Waals surface area contributed by atoms with Crippen molar-refractivity contribution in [2.75, 3.05) is 37.0 Å². The molecule has 0 radical (unpaired) electrons. The molecule has 7 nitrogen and oxygen atoms in total. The van der Waals surface area contributed by atoms with Crippen LogP contribution in [0.15, 0.2) is 12.3 Å². The van der Waals surface area contributed by atoms with Gasteiger partial charge < -0.3 is 26.0 Å². The van der Waals surface area contributed by atoms with Crippen molar-refractivity contribution >= 4 is 11.8 Å². The lowest BCUT2D eigenvalue weighted by Crippen LogP contribution is -2.49. The number of hydrogen-bond acceptors (Lipinski definition) is 7. The second kappa shape index (κ2) is 7.10. The lowest BCUT2D eigenvalue weighted by atomic mass is 10.0. The van der Waals surface area contributed by atoms with Crippen LogP contribution < -0.4 is 10.6 Å². The molecule has 1 aromatic heterocycles. The van der Waals surface area contributed by atoms with E-state index >= 15 is 0 Å². The highest BCUT2D eigenvalue weighted by Crippen LogP contribution is 2.13. The minimum Gasteiger partial charge on any atom is -0.394 e. The zero-order valence-corrected chi connectivity index (χ0v) is 10.4. The Bertz CT molecular complexity index is 350. The van der Waals surface area contributed by atoms with E-state index in [0.717, 1.165) is 13.0 Å². The van der Waals surface area contributed by atoms with E-state index in [1.165, 1.54) is 0 Å². The van der Waals surface area contributed by atoms with Crippen LogP contribution in [-0.2, 0) is 0 Å². The Hall–Kier alpha value is -1.44. The number of aliphatic hydroxyl groups excluding tert-OH is 3. The van der Waals surface area contributed by atoms with Crippen LogP contribution in [0.5, 0.6) is 0 Å². The van der Waals surface area contributed by atoms with Crippen molar-refractivity contribution < 1.29 is 15.3 Å². The molecule has 0 saturated heterocycles. The third-order valence-electron chi connectivity index (χ3n) is 2.49. The second-order valence-corrected chi connectivity index (χ2v) is 4.07. The number of aliphatic hydroxyl groups is 3. The highest BCUT2D eigenvalue weighted by molar-refractivity contribution is 5.42. The first-order valence-electron chi connectivity index (χ1n) is 5.87. The fourth-order valence-electron chi connectivity index (χ4n) is 1.29. The van der Waals surface area contributed by atoms with Gasteiger partial charge in [0.2, 0.25) is 5.95 Å². The van der Waals surface area contributed by atoms with Gasteiger partial charge in [0.15, 0.2) is 0 Å². The average Bonchev–Trinajstić information content (AvgIpc) is 2.43. The van der Waals surface area contributed by atoms with Gasteiger partial charge in [-0.2, -0.15) is 4.98 Å². The molecule has 102 valence electrons. The lowest BCUT2D eigenvalue weighted by molar-refractivity contribution is 0.0831. The van der Waals surface area contributed by atoms with Gasteiger partial charge in [-0.3, -0.25) is 0 Å². The monoisotopic (exact) mass is 256 g/mol. The highest BCUT2D eigenvalue weighted by Gasteiger charge is 2.28. The summed E-state index contributed by atoms with van der Waals surface area (Å²) in [6, 6.07) is 1.60. The van der Waals surface area contributed by atoms with E-state index in [9.17, 15) is 15.3 Å². The van der Waals surface area contributed by atoms with Crippen LogP contribution in [0.2, 0.25) is 0 Å². The predicted octanol–water partition coefficient (Wildman–Crippen LogP) is -0.574. The summed E-state index contributed by atoms with van der Waals surface area (Å²) in [6.07, 6.45) is 2.51. The van der Waals surface area contributed by atoms with E-state index < -0.39 is 25.4 Å². The van der Waals surface area contributed by atoms with Crippen LogP contribution in [0.25, 0.3) is 0 Å². The van der Waals surface area contributed by atoms with Crippen LogP contribution in [-0.4, -0.2) is 57.2 Å². The fourth-order valence-corrected chi connectivity index (χ4v) is 1.29. The molecule has 1 heterocycles. The van der Waals surface area contributed by atoms with Crippen molar-refractivity contribution in [3.8, 4) is 0 Å². The first-order valence-corrected chi connectivity index (χ1v) is 5.87. The van der Waals surface area contributed by atoms with Gasteiger partial charge in [0.05, 0.1) is 19.8 Å². The van der Waals surface area contributed by atoms with Crippen molar-refractivity contribution in [1.82, 2.24) is 9.97 Å². The normalized spacial score (nSPS) is 11.3. The molecule has 0 aliphatic carbocycles. The summed E-state index contributed by atoms with van der Waals surface area (Å²) < 4.78 is 0. The second-order valence-electron chi connectivity index (χ2n) is 4.07. The smallest absolute Gasteiger partial charge is 0.224 e. The van der Waals surface area contributed by atoms with Crippen molar-refractivity contribution in [3.05, 3.63) is 12.3 Å². The summed E-state index contributed by atoms with van der Waals surface area (Å²) in [5.74, 6) is 0.894. The summed E-state index contributed by atoms with van der Waals surface area (Å²) in [7, 11) is 0.